The summed E-state index contributed by atoms with van der Waals surface area (Å²) in [4.78, 5) is 10.9. The Morgan fingerprint density at radius 1 is 1.40 bits per heavy atom. The van der Waals surface area contributed by atoms with Crippen LogP contribution in [-0.2, 0) is 4.79 Å². The topological polar surface area (TPSA) is 49.3 Å². The van der Waals surface area contributed by atoms with Crippen LogP contribution < -0.4 is 5.32 Å². The summed E-state index contributed by atoms with van der Waals surface area (Å²) in [5.41, 5.74) is 0.911. The molecule has 0 bridgehead atoms. The Morgan fingerprint density at radius 3 is 2.67 bits per heavy atom. The van der Waals surface area contributed by atoms with Gasteiger partial charge in [-0.1, -0.05) is 30.3 Å². The Hall–Kier alpha value is -1.35. The Labute approximate surface area is 90.1 Å². The molecule has 0 fully saturated rings. The van der Waals surface area contributed by atoms with Gasteiger partial charge in [-0.3, -0.25) is 4.79 Å². The molecule has 0 radical (unpaired) electrons. The van der Waals surface area contributed by atoms with Crippen molar-refractivity contribution in [2.75, 3.05) is 7.05 Å². The lowest BCUT2D eigenvalue weighted by molar-refractivity contribution is -0.120. The highest BCUT2D eigenvalue weighted by atomic mass is 16.3. The molecule has 82 valence electrons. The Kier molecular flexibility index (Phi) is 4.84. The number of amides is 1. The number of nitrogens with one attached hydrogen (secondary N) is 1. The van der Waals surface area contributed by atoms with Crippen molar-refractivity contribution in [3.63, 3.8) is 0 Å². The average molecular weight is 207 g/mol. The third-order valence-electron chi connectivity index (χ3n) is 2.34. The summed E-state index contributed by atoms with van der Waals surface area (Å²) >= 11 is 0. The van der Waals surface area contributed by atoms with E-state index in [1.165, 1.54) is 0 Å². The average Bonchev–Trinajstić information content (AvgIpc) is 2.29. The van der Waals surface area contributed by atoms with Gasteiger partial charge >= 0.3 is 0 Å². The summed E-state index contributed by atoms with van der Waals surface area (Å²) in [6.07, 6.45) is 1.34. The van der Waals surface area contributed by atoms with Gasteiger partial charge < -0.3 is 10.4 Å². The molecule has 1 amide bonds. The first-order valence-corrected chi connectivity index (χ1v) is 5.17. The predicted octanol–water partition coefficient (Wildman–Crippen LogP) is 1.64. The van der Waals surface area contributed by atoms with Crippen molar-refractivity contribution < 1.29 is 9.90 Å². The van der Waals surface area contributed by atoms with Crippen LogP contribution in [0.25, 0.3) is 0 Å². The molecule has 1 aromatic rings. The summed E-state index contributed by atoms with van der Waals surface area (Å²) in [5, 5.41) is 12.3. The molecule has 1 atom stereocenters. The third-order valence-corrected chi connectivity index (χ3v) is 2.34. The van der Waals surface area contributed by atoms with Crippen LogP contribution in [0.3, 0.4) is 0 Å². The molecule has 3 nitrogen and oxygen atoms in total. The van der Waals surface area contributed by atoms with E-state index in [1.807, 2.05) is 30.3 Å². The van der Waals surface area contributed by atoms with Gasteiger partial charge in [-0.05, 0) is 18.4 Å². The molecule has 3 heteroatoms. The number of benzene rings is 1. The number of aliphatic hydroxyl groups excluding tert-OH is 1. The van der Waals surface area contributed by atoms with Crippen LogP contribution in [0.1, 0.15) is 30.9 Å². The number of hydrogen-bond donors (Lipinski definition) is 2. The fourth-order valence-corrected chi connectivity index (χ4v) is 1.42. The molecule has 1 rings (SSSR count). The van der Waals surface area contributed by atoms with Gasteiger partial charge in [0.1, 0.15) is 0 Å². The van der Waals surface area contributed by atoms with E-state index in [2.05, 4.69) is 5.32 Å². The Bertz CT molecular complexity index is 298. The minimum atomic E-state index is -0.462. The number of carbonyl (C=O) groups is 1. The molecule has 0 saturated carbocycles. The maximum absolute atomic E-state index is 10.9. The summed E-state index contributed by atoms with van der Waals surface area (Å²) in [6.45, 7) is 0. The molecule has 1 unspecified atom stereocenters. The zero-order valence-electron chi connectivity index (χ0n) is 8.94. The molecule has 0 aliphatic heterocycles. The first-order valence-electron chi connectivity index (χ1n) is 5.17. The van der Waals surface area contributed by atoms with E-state index in [1.54, 1.807) is 7.05 Å². The summed E-state index contributed by atoms with van der Waals surface area (Å²) in [6, 6.07) is 9.50. The minimum absolute atomic E-state index is 0.0234. The van der Waals surface area contributed by atoms with Crippen LogP contribution in [-0.4, -0.2) is 18.1 Å². The van der Waals surface area contributed by atoms with Crippen molar-refractivity contribution in [2.24, 2.45) is 0 Å². The van der Waals surface area contributed by atoms with Crippen LogP contribution in [0.4, 0.5) is 0 Å². The van der Waals surface area contributed by atoms with Gasteiger partial charge in [0.25, 0.3) is 0 Å². The smallest absolute Gasteiger partial charge is 0.219 e. The van der Waals surface area contributed by atoms with Crippen molar-refractivity contribution in [1.29, 1.82) is 0 Å². The van der Waals surface area contributed by atoms with Crippen molar-refractivity contribution in [2.45, 2.75) is 25.4 Å². The highest BCUT2D eigenvalue weighted by molar-refractivity contribution is 5.75. The van der Waals surface area contributed by atoms with Crippen LogP contribution in [0.5, 0.6) is 0 Å². The molecule has 1 aromatic carbocycles. The van der Waals surface area contributed by atoms with Crippen molar-refractivity contribution >= 4 is 5.91 Å². The third kappa shape index (κ3) is 4.13. The Morgan fingerprint density at radius 2 is 2.07 bits per heavy atom. The monoisotopic (exact) mass is 207 g/mol. The van der Waals surface area contributed by atoms with E-state index in [4.69, 9.17) is 0 Å². The van der Waals surface area contributed by atoms with Gasteiger partial charge in [-0.25, -0.2) is 0 Å². The lowest BCUT2D eigenvalue weighted by atomic mass is 10.0. The second-order valence-corrected chi connectivity index (χ2v) is 3.49. The zero-order valence-corrected chi connectivity index (χ0v) is 8.94. The maximum Gasteiger partial charge on any atom is 0.219 e. The van der Waals surface area contributed by atoms with E-state index >= 15 is 0 Å². The molecular weight excluding hydrogens is 190 g/mol. The van der Waals surface area contributed by atoms with E-state index < -0.39 is 6.10 Å². The van der Waals surface area contributed by atoms with Crippen LogP contribution in [0, 0.1) is 0 Å². The lowest BCUT2D eigenvalue weighted by Crippen LogP contribution is -2.17. The molecule has 0 aliphatic rings. The molecule has 2 N–H and O–H groups in total. The maximum atomic E-state index is 10.9. The van der Waals surface area contributed by atoms with E-state index in [-0.39, 0.29) is 5.91 Å². The van der Waals surface area contributed by atoms with Crippen molar-refractivity contribution in [3.8, 4) is 0 Å². The lowest BCUT2D eigenvalue weighted by Gasteiger charge is -2.09. The minimum Gasteiger partial charge on any atom is -0.388 e. The zero-order chi connectivity index (χ0) is 11.1. The van der Waals surface area contributed by atoms with Gasteiger partial charge in [-0.2, -0.15) is 0 Å². The fourth-order valence-electron chi connectivity index (χ4n) is 1.42. The quantitative estimate of drug-likeness (QED) is 0.771. The molecule has 0 spiro atoms. The highest BCUT2D eigenvalue weighted by Crippen LogP contribution is 2.18. The molecule has 0 aliphatic carbocycles. The normalized spacial score (nSPS) is 12.1. The number of aliphatic hydroxyl groups is 1. The molecule has 0 saturated heterocycles. The van der Waals surface area contributed by atoms with Crippen molar-refractivity contribution in [3.05, 3.63) is 35.9 Å². The number of carbonyl (C=O) groups excluding carboxylic acids is 1. The van der Waals surface area contributed by atoms with E-state index in [0.29, 0.717) is 19.3 Å². The standard InChI is InChI=1S/C12H17NO2/c1-13-12(15)9-5-8-11(14)10-6-3-2-4-7-10/h2-4,6-7,11,14H,5,8-9H2,1H3,(H,13,15). The predicted molar refractivity (Wildman–Crippen MR) is 59.3 cm³/mol. The SMILES string of the molecule is CNC(=O)CCCC(O)c1ccccc1. The molecule has 15 heavy (non-hydrogen) atoms. The van der Waals surface area contributed by atoms with Crippen LogP contribution in [0.15, 0.2) is 30.3 Å². The first kappa shape index (κ1) is 11.7. The van der Waals surface area contributed by atoms with Gasteiger partial charge in [-0.15, -0.1) is 0 Å². The van der Waals surface area contributed by atoms with Gasteiger partial charge in [0, 0.05) is 13.5 Å². The highest BCUT2D eigenvalue weighted by Gasteiger charge is 2.07. The van der Waals surface area contributed by atoms with Gasteiger partial charge in [0.2, 0.25) is 5.91 Å². The van der Waals surface area contributed by atoms with Crippen LogP contribution >= 0.6 is 0 Å². The van der Waals surface area contributed by atoms with Crippen LogP contribution in [0.2, 0.25) is 0 Å². The molecule has 0 aromatic heterocycles. The Balaban J connectivity index is 2.31. The number of rotatable bonds is 5. The van der Waals surface area contributed by atoms with E-state index in [9.17, 15) is 9.90 Å². The largest absolute Gasteiger partial charge is 0.388 e. The fraction of sp³-hybridized carbons (Fsp3) is 0.417. The van der Waals surface area contributed by atoms with Gasteiger partial charge in [0.15, 0.2) is 0 Å². The molecular formula is C12H17NO2. The molecule has 0 heterocycles. The second-order valence-electron chi connectivity index (χ2n) is 3.49. The van der Waals surface area contributed by atoms with Crippen molar-refractivity contribution in [1.82, 2.24) is 5.32 Å². The van der Waals surface area contributed by atoms with Gasteiger partial charge in [0.05, 0.1) is 6.10 Å². The van der Waals surface area contributed by atoms with E-state index in [0.717, 1.165) is 5.56 Å². The summed E-state index contributed by atoms with van der Waals surface area (Å²) in [5.74, 6) is 0.0234. The number of hydrogen-bond acceptors (Lipinski definition) is 2. The second kappa shape index (κ2) is 6.19. The summed E-state index contributed by atoms with van der Waals surface area (Å²) in [7, 11) is 1.62. The summed E-state index contributed by atoms with van der Waals surface area (Å²) < 4.78 is 0. The first-order chi connectivity index (χ1) is 7.24.